The SMILES string of the molecule is CC(C)c1cc(N2CC[C@@H](N3CCOCC3)C2)n2nccc2n1. The van der Waals surface area contributed by atoms with Crippen molar-refractivity contribution in [2.75, 3.05) is 44.3 Å². The monoisotopic (exact) mass is 315 g/mol. The highest BCUT2D eigenvalue weighted by atomic mass is 16.5. The van der Waals surface area contributed by atoms with Crippen molar-refractivity contribution in [3.8, 4) is 0 Å². The van der Waals surface area contributed by atoms with Crippen LogP contribution in [0.2, 0.25) is 0 Å². The van der Waals surface area contributed by atoms with Gasteiger partial charge in [0, 0.05) is 50.0 Å². The highest BCUT2D eigenvalue weighted by Crippen LogP contribution is 2.26. The third-order valence-electron chi connectivity index (χ3n) is 5.00. The number of hydrogen-bond acceptors (Lipinski definition) is 5. The Morgan fingerprint density at radius 3 is 2.83 bits per heavy atom. The molecule has 0 amide bonds. The molecule has 0 bridgehead atoms. The van der Waals surface area contributed by atoms with Gasteiger partial charge in [0.05, 0.1) is 19.4 Å². The van der Waals surface area contributed by atoms with E-state index in [0.29, 0.717) is 12.0 Å². The van der Waals surface area contributed by atoms with Crippen molar-refractivity contribution >= 4 is 11.5 Å². The molecule has 0 N–H and O–H groups in total. The van der Waals surface area contributed by atoms with Crippen LogP contribution in [0.1, 0.15) is 31.9 Å². The number of anilines is 1. The first-order valence-corrected chi connectivity index (χ1v) is 8.64. The Morgan fingerprint density at radius 1 is 1.22 bits per heavy atom. The largest absolute Gasteiger partial charge is 0.379 e. The summed E-state index contributed by atoms with van der Waals surface area (Å²) in [7, 11) is 0. The lowest BCUT2D eigenvalue weighted by Crippen LogP contribution is -2.44. The topological polar surface area (TPSA) is 45.9 Å². The van der Waals surface area contributed by atoms with Gasteiger partial charge in [0.15, 0.2) is 5.65 Å². The third-order valence-corrected chi connectivity index (χ3v) is 5.00. The second-order valence-corrected chi connectivity index (χ2v) is 6.83. The molecule has 0 spiro atoms. The van der Waals surface area contributed by atoms with Gasteiger partial charge in [0.25, 0.3) is 0 Å². The summed E-state index contributed by atoms with van der Waals surface area (Å²) in [5.41, 5.74) is 2.09. The minimum absolute atomic E-state index is 0.422. The van der Waals surface area contributed by atoms with Crippen LogP contribution in [-0.4, -0.2) is 64.9 Å². The van der Waals surface area contributed by atoms with E-state index >= 15 is 0 Å². The zero-order valence-corrected chi connectivity index (χ0v) is 14.0. The maximum atomic E-state index is 5.48. The normalized spacial score (nSPS) is 23.3. The second-order valence-electron chi connectivity index (χ2n) is 6.83. The van der Waals surface area contributed by atoms with Crippen LogP contribution < -0.4 is 4.90 Å². The van der Waals surface area contributed by atoms with Gasteiger partial charge in [-0.25, -0.2) is 4.98 Å². The number of aromatic nitrogens is 3. The van der Waals surface area contributed by atoms with Crippen molar-refractivity contribution in [2.45, 2.75) is 32.2 Å². The van der Waals surface area contributed by atoms with Crippen molar-refractivity contribution in [1.82, 2.24) is 19.5 Å². The standard InChI is InChI=1S/C17H25N5O/c1-13(2)15-11-17(22-16(19-15)3-5-18-22)21-6-4-14(12-21)20-7-9-23-10-8-20/h3,5,11,13-14H,4,6-10,12H2,1-2H3/t14-/m1/s1. The zero-order valence-electron chi connectivity index (χ0n) is 14.0. The highest BCUT2D eigenvalue weighted by Gasteiger charge is 2.30. The van der Waals surface area contributed by atoms with Crippen LogP contribution in [0, 0.1) is 0 Å². The van der Waals surface area contributed by atoms with E-state index in [0.717, 1.165) is 50.7 Å². The molecule has 2 aromatic heterocycles. The summed E-state index contributed by atoms with van der Waals surface area (Å²) in [6, 6.07) is 4.83. The van der Waals surface area contributed by atoms with Gasteiger partial charge >= 0.3 is 0 Å². The van der Waals surface area contributed by atoms with Gasteiger partial charge in [0.2, 0.25) is 0 Å². The Bertz CT molecular complexity index is 677. The number of hydrogen-bond donors (Lipinski definition) is 0. The fraction of sp³-hybridized carbons (Fsp3) is 0.647. The average Bonchev–Trinajstić information content (AvgIpc) is 3.24. The molecular formula is C17H25N5O. The van der Waals surface area contributed by atoms with E-state index in [1.807, 2.05) is 16.8 Å². The van der Waals surface area contributed by atoms with E-state index in [-0.39, 0.29) is 0 Å². The maximum absolute atomic E-state index is 5.48. The average molecular weight is 315 g/mol. The molecule has 4 rings (SSSR count). The molecule has 6 nitrogen and oxygen atoms in total. The summed E-state index contributed by atoms with van der Waals surface area (Å²) >= 11 is 0. The van der Waals surface area contributed by atoms with E-state index in [2.05, 4.69) is 34.8 Å². The minimum atomic E-state index is 0.422. The Balaban J connectivity index is 1.60. The van der Waals surface area contributed by atoms with Gasteiger partial charge in [-0.1, -0.05) is 13.8 Å². The van der Waals surface area contributed by atoms with E-state index in [1.165, 1.54) is 12.2 Å². The summed E-state index contributed by atoms with van der Waals surface area (Å²) in [4.78, 5) is 9.77. The Hall–Kier alpha value is -1.66. The fourth-order valence-electron chi connectivity index (χ4n) is 3.63. The van der Waals surface area contributed by atoms with Crippen molar-refractivity contribution < 1.29 is 4.74 Å². The maximum Gasteiger partial charge on any atom is 0.157 e. The Kier molecular flexibility index (Phi) is 3.95. The van der Waals surface area contributed by atoms with Crippen LogP contribution in [0.25, 0.3) is 5.65 Å². The molecule has 2 fully saturated rings. The minimum Gasteiger partial charge on any atom is -0.379 e. The molecule has 2 aliphatic heterocycles. The van der Waals surface area contributed by atoms with Crippen LogP contribution in [0.15, 0.2) is 18.3 Å². The Labute approximate surface area is 137 Å². The molecule has 4 heterocycles. The van der Waals surface area contributed by atoms with E-state index < -0.39 is 0 Å². The summed E-state index contributed by atoms with van der Waals surface area (Å²) < 4.78 is 7.46. The molecule has 6 heteroatoms. The lowest BCUT2D eigenvalue weighted by Gasteiger charge is -2.32. The first-order chi connectivity index (χ1) is 11.2. The molecule has 0 unspecified atom stereocenters. The first kappa shape index (κ1) is 14.9. The van der Waals surface area contributed by atoms with Gasteiger partial charge in [-0.2, -0.15) is 9.61 Å². The van der Waals surface area contributed by atoms with Crippen LogP contribution in [-0.2, 0) is 4.74 Å². The molecule has 0 radical (unpaired) electrons. The van der Waals surface area contributed by atoms with Crippen molar-refractivity contribution in [3.63, 3.8) is 0 Å². The molecule has 0 aliphatic carbocycles. The number of nitrogens with zero attached hydrogens (tertiary/aromatic N) is 5. The van der Waals surface area contributed by atoms with Crippen molar-refractivity contribution in [1.29, 1.82) is 0 Å². The number of fused-ring (bicyclic) bond motifs is 1. The lowest BCUT2D eigenvalue weighted by atomic mass is 10.1. The molecule has 2 aliphatic rings. The van der Waals surface area contributed by atoms with E-state index in [1.54, 1.807) is 0 Å². The summed E-state index contributed by atoms with van der Waals surface area (Å²) in [6.07, 6.45) is 3.05. The van der Waals surface area contributed by atoms with Gasteiger partial charge in [-0.05, 0) is 12.3 Å². The number of morpholine rings is 1. The molecule has 23 heavy (non-hydrogen) atoms. The van der Waals surface area contributed by atoms with Crippen molar-refractivity contribution in [3.05, 3.63) is 24.0 Å². The van der Waals surface area contributed by atoms with Gasteiger partial charge in [0.1, 0.15) is 5.82 Å². The highest BCUT2D eigenvalue weighted by molar-refractivity contribution is 5.52. The molecule has 0 saturated carbocycles. The predicted octanol–water partition coefficient (Wildman–Crippen LogP) is 1.76. The van der Waals surface area contributed by atoms with Gasteiger partial charge in [-0.3, -0.25) is 4.90 Å². The molecule has 1 atom stereocenters. The van der Waals surface area contributed by atoms with Crippen LogP contribution in [0.5, 0.6) is 0 Å². The summed E-state index contributed by atoms with van der Waals surface area (Å²) in [5.74, 6) is 1.60. The van der Waals surface area contributed by atoms with E-state index in [4.69, 9.17) is 9.72 Å². The lowest BCUT2D eigenvalue weighted by molar-refractivity contribution is 0.0209. The summed E-state index contributed by atoms with van der Waals surface area (Å²) in [5, 5.41) is 4.48. The molecule has 0 aromatic carbocycles. The van der Waals surface area contributed by atoms with Gasteiger partial charge in [-0.15, -0.1) is 0 Å². The van der Waals surface area contributed by atoms with Gasteiger partial charge < -0.3 is 9.64 Å². The molecule has 124 valence electrons. The smallest absolute Gasteiger partial charge is 0.157 e. The Morgan fingerprint density at radius 2 is 2.04 bits per heavy atom. The van der Waals surface area contributed by atoms with Crippen LogP contribution >= 0.6 is 0 Å². The summed E-state index contributed by atoms with van der Waals surface area (Å²) in [6.45, 7) is 10.4. The number of ether oxygens (including phenoxy) is 1. The quantitative estimate of drug-likeness (QED) is 0.864. The fourth-order valence-corrected chi connectivity index (χ4v) is 3.63. The molecular weight excluding hydrogens is 290 g/mol. The number of rotatable bonds is 3. The van der Waals surface area contributed by atoms with Crippen LogP contribution in [0.3, 0.4) is 0 Å². The molecule has 2 aromatic rings. The third kappa shape index (κ3) is 2.81. The first-order valence-electron chi connectivity index (χ1n) is 8.64. The molecule has 2 saturated heterocycles. The van der Waals surface area contributed by atoms with Crippen molar-refractivity contribution in [2.24, 2.45) is 0 Å². The zero-order chi connectivity index (χ0) is 15.8. The van der Waals surface area contributed by atoms with Crippen LogP contribution in [0.4, 0.5) is 5.82 Å². The predicted molar refractivity (Wildman–Crippen MR) is 90.1 cm³/mol. The second kappa shape index (κ2) is 6.09. The van der Waals surface area contributed by atoms with E-state index in [9.17, 15) is 0 Å².